The maximum Gasteiger partial charge on any atom is 0.336 e. The van der Waals surface area contributed by atoms with Crippen molar-refractivity contribution in [3.63, 3.8) is 0 Å². The van der Waals surface area contributed by atoms with Gasteiger partial charge in [0.1, 0.15) is 6.61 Å². The maximum absolute atomic E-state index is 13.8. The Morgan fingerprint density at radius 2 is 1.83 bits per heavy atom. The van der Waals surface area contributed by atoms with Crippen LogP contribution in [0, 0.1) is 0 Å². The van der Waals surface area contributed by atoms with Gasteiger partial charge in [0.05, 0.1) is 25.7 Å². The molecule has 0 spiro atoms. The number of allylic oxidation sites excluding steroid dienone is 3. The number of thioether (sulfide) groups is 1. The van der Waals surface area contributed by atoms with Gasteiger partial charge in [0.15, 0.2) is 17.3 Å². The summed E-state index contributed by atoms with van der Waals surface area (Å²) in [4.78, 5) is 27.2. The second-order valence-electron chi connectivity index (χ2n) is 8.84. The topological polar surface area (TPSA) is 73.9 Å². The lowest BCUT2D eigenvalue weighted by molar-refractivity contribution is -0.138. The number of hydrogen-bond acceptors (Lipinski definition) is 7. The van der Waals surface area contributed by atoms with Crippen molar-refractivity contribution in [3.05, 3.63) is 82.2 Å². The van der Waals surface area contributed by atoms with Crippen LogP contribution in [0.15, 0.2) is 71.1 Å². The van der Waals surface area contributed by atoms with E-state index in [1.807, 2.05) is 43.3 Å². The van der Waals surface area contributed by atoms with Crippen molar-refractivity contribution in [2.45, 2.75) is 38.5 Å². The molecular weight excluding hydrogens is 474 g/mol. The van der Waals surface area contributed by atoms with Gasteiger partial charge < -0.3 is 19.5 Å². The highest BCUT2D eigenvalue weighted by atomic mass is 32.2. The summed E-state index contributed by atoms with van der Waals surface area (Å²) in [6, 6.07) is 15.7. The number of carbonyl (C=O) groups excluding carboxylic acids is 2. The number of ether oxygens (including phenoxy) is 3. The molecule has 2 aliphatic rings. The maximum atomic E-state index is 13.8. The van der Waals surface area contributed by atoms with Crippen LogP contribution in [-0.2, 0) is 14.3 Å². The summed E-state index contributed by atoms with van der Waals surface area (Å²) in [6.07, 6.45) is 1.06. The molecule has 36 heavy (non-hydrogen) atoms. The molecule has 6 nitrogen and oxygen atoms in total. The highest BCUT2D eigenvalue weighted by Gasteiger charge is 2.42. The lowest BCUT2D eigenvalue weighted by atomic mass is 9.71. The zero-order chi connectivity index (χ0) is 25.7. The van der Waals surface area contributed by atoms with Crippen LogP contribution in [0.1, 0.15) is 49.7 Å². The predicted molar refractivity (Wildman–Crippen MR) is 143 cm³/mol. The number of ketones is 1. The Bertz CT molecular complexity index is 1190. The molecule has 0 amide bonds. The van der Waals surface area contributed by atoms with Crippen molar-refractivity contribution in [1.82, 2.24) is 5.32 Å². The quantitative estimate of drug-likeness (QED) is 0.362. The summed E-state index contributed by atoms with van der Waals surface area (Å²) in [5, 5.41) is 3.41. The van der Waals surface area contributed by atoms with Gasteiger partial charge in [-0.3, -0.25) is 4.79 Å². The van der Waals surface area contributed by atoms with Crippen molar-refractivity contribution >= 4 is 23.5 Å². The summed E-state index contributed by atoms with van der Waals surface area (Å²) in [5.41, 5.74) is 4.44. The molecule has 0 radical (unpaired) electrons. The molecule has 0 bridgehead atoms. The second kappa shape index (κ2) is 11.7. The van der Waals surface area contributed by atoms with Gasteiger partial charge in [-0.2, -0.15) is 11.8 Å². The van der Waals surface area contributed by atoms with Crippen LogP contribution in [-0.4, -0.2) is 44.1 Å². The van der Waals surface area contributed by atoms with Gasteiger partial charge >= 0.3 is 5.97 Å². The van der Waals surface area contributed by atoms with Gasteiger partial charge in [-0.1, -0.05) is 49.4 Å². The van der Waals surface area contributed by atoms with Gasteiger partial charge in [0.25, 0.3) is 0 Å². The summed E-state index contributed by atoms with van der Waals surface area (Å²) in [6.45, 7) is 4.25. The molecule has 4 rings (SSSR count). The minimum Gasteiger partial charge on any atom is -0.493 e. The third-order valence-corrected chi connectivity index (χ3v) is 7.59. The normalized spacial score (nSPS) is 19.5. The van der Waals surface area contributed by atoms with Crippen molar-refractivity contribution in [1.29, 1.82) is 0 Å². The third kappa shape index (κ3) is 5.16. The summed E-state index contributed by atoms with van der Waals surface area (Å²) in [5.74, 6) is 1.80. The fourth-order valence-electron chi connectivity index (χ4n) is 5.14. The molecule has 1 heterocycles. The van der Waals surface area contributed by atoms with Crippen LogP contribution < -0.4 is 14.8 Å². The summed E-state index contributed by atoms with van der Waals surface area (Å²) < 4.78 is 17.0. The number of Topliss-reactive ketones (excluding diaryl/α,β-unsaturated/α-hetero) is 1. The minimum absolute atomic E-state index is 0.0202. The zero-order valence-corrected chi connectivity index (χ0v) is 22.1. The number of dihydropyridines is 1. The van der Waals surface area contributed by atoms with Gasteiger partial charge in [0, 0.05) is 34.7 Å². The number of benzene rings is 2. The van der Waals surface area contributed by atoms with Crippen LogP contribution in [0.5, 0.6) is 11.5 Å². The smallest absolute Gasteiger partial charge is 0.336 e. The van der Waals surface area contributed by atoms with Crippen molar-refractivity contribution in [3.8, 4) is 11.5 Å². The first-order valence-electron chi connectivity index (χ1n) is 12.2. The molecule has 0 unspecified atom stereocenters. The van der Waals surface area contributed by atoms with Gasteiger partial charge in [0.2, 0.25) is 0 Å². The molecule has 0 fully saturated rings. The molecule has 0 aromatic heterocycles. The Balaban J connectivity index is 1.80. The molecule has 190 valence electrons. The summed E-state index contributed by atoms with van der Waals surface area (Å²) in [7, 11) is 3.15. The van der Waals surface area contributed by atoms with E-state index in [0.29, 0.717) is 53.4 Å². The van der Waals surface area contributed by atoms with Crippen LogP contribution in [0.4, 0.5) is 0 Å². The molecule has 2 aromatic carbocycles. The second-order valence-corrected chi connectivity index (χ2v) is 10.2. The standard InChI is InChI=1S/C29H33NO5S/c1-5-36-15-14-35-29(32)25-18(2)30-22-16-20(19-10-7-6-8-11-19)17-23(31)27(22)26(25)21-12-9-13-24(33-3)28(21)34-4/h6-13,20,26,30H,5,14-17H2,1-4H3/t20-,26-/m1/s1. The monoisotopic (exact) mass is 507 g/mol. The molecule has 0 saturated carbocycles. The average molecular weight is 508 g/mol. The lowest BCUT2D eigenvalue weighted by Gasteiger charge is -2.37. The minimum atomic E-state index is -0.609. The van der Waals surface area contributed by atoms with Gasteiger partial charge in [-0.05, 0) is 36.6 Å². The highest BCUT2D eigenvalue weighted by molar-refractivity contribution is 7.99. The molecule has 0 saturated heterocycles. The first-order chi connectivity index (χ1) is 17.5. The van der Waals surface area contributed by atoms with E-state index in [9.17, 15) is 9.59 Å². The van der Waals surface area contributed by atoms with E-state index in [0.717, 1.165) is 22.8 Å². The Kier molecular flexibility index (Phi) is 8.41. The number of carbonyl (C=O) groups is 2. The molecule has 2 aromatic rings. The van der Waals surface area contributed by atoms with Crippen molar-refractivity contribution in [2.75, 3.05) is 32.3 Å². The van der Waals surface area contributed by atoms with Crippen LogP contribution in [0.3, 0.4) is 0 Å². The first-order valence-corrected chi connectivity index (χ1v) is 13.4. The Morgan fingerprint density at radius 1 is 1.06 bits per heavy atom. The fourth-order valence-corrected chi connectivity index (χ4v) is 5.63. The van der Waals surface area contributed by atoms with E-state index in [2.05, 4.69) is 24.4 Å². The average Bonchev–Trinajstić information content (AvgIpc) is 2.90. The fraction of sp³-hybridized carbons (Fsp3) is 0.379. The SMILES string of the molecule is CCSCCOC(=O)C1=C(C)NC2=C(C(=O)C[C@H](c3ccccc3)C2)[C@@H]1c1cccc(OC)c1OC. The van der Waals surface area contributed by atoms with Gasteiger partial charge in [-0.15, -0.1) is 0 Å². The van der Waals surface area contributed by atoms with Crippen LogP contribution >= 0.6 is 11.8 Å². The number of para-hydroxylation sites is 1. The Hall–Kier alpha value is -3.19. The highest BCUT2D eigenvalue weighted by Crippen LogP contribution is 2.49. The van der Waals surface area contributed by atoms with Gasteiger partial charge in [-0.25, -0.2) is 4.79 Å². The van der Waals surface area contributed by atoms with E-state index < -0.39 is 11.9 Å². The Labute approximate surface area is 217 Å². The molecule has 1 N–H and O–H groups in total. The molecular formula is C29H33NO5S. The number of methoxy groups -OCH3 is 2. The van der Waals surface area contributed by atoms with E-state index in [4.69, 9.17) is 14.2 Å². The number of rotatable bonds is 9. The Morgan fingerprint density at radius 3 is 2.53 bits per heavy atom. The molecule has 1 aliphatic carbocycles. The summed E-state index contributed by atoms with van der Waals surface area (Å²) >= 11 is 1.71. The first kappa shape index (κ1) is 25.9. The predicted octanol–water partition coefficient (Wildman–Crippen LogP) is 5.36. The van der Waals surface area contributed by atoms with E-state index in [1.165, 1.54) is 0 Å². The van der Waals surface area contributed by atoms with Crippen LogP contribution in [0.2, 0.25) is 0 Å². The largest absolute Gasteiger partial charge is 0.493 e. The number of esters is 1. The van der Waals surface area contributed by atoms with Crippen molar-refractivity contribution in [2.24, 2.45) is 0 Å². The molecule has 7 heteroatoms. The molecule has 1 aliphatic heterocycles. The van der Waals surface area contributed by atoms with Crippen molar-refractivity contribution < 1.29 is 23.8 Å². The number of nitrogens with one attached hydrogen (secondary N) is 1. The van der Waals surface area contributed by atoms with E-state index in [1.54, 1.807) is 26.0 Å². The molecule has 2 atom stereocenters. The van der Waals surface area contributed by atoms with E-state index in [-0.39, 0.29) is 11.7 Å². The number of hydrogen-bond donors (Lipinski definition) is 1. The third-order valence-electron chi connectivity index (χ3n) is 6.73. The van der Waals surface area contributed by atoms with Crippen LogP contribution in [0.25, 0.3) is 0 Å². The zero-order valence-electron chi connectivity index (χ0n) is 21.3. The lowest BCUT2D eigenvalue weighted by Crippen LogP contribution is -2.36. The van der Waals surface area contributed by atoms with E-state index >= 15 is 0 Å².